The summed E-state index contributed by atoms with van der Waals surface area (Å²) < 4.78 is 28.1. The molecule has 0 unspecified atom stereocenters. The Kier molecular flexibility index (Phi) is 3.03. The number of carbonyl (C=O) groups is 1. The van der Waals surface area contributed by atoms with E-state index in [1.165, 1.54) is 18.2 Å². The number of nitrogens with one attached hydrogen (secondary N) is 1. The molecule has 1 aliphatic rings. The first-order chi connectivity index (χ1) is 8.17. The maximum absolute atomic E-state index is 11.6. The largest absolute Gasteiger partial charge is 0.485 e. The van der Waals surface area contributed by atoms with Crippen molar-refractivity contribution in [2.45, 2.75) is 30.8 Å². The van der Waals surface area contributed by atoms with Crippen molar-refractivity contribution in [1.82, 2.24) is 0 Å². The Balaban J connectivity index is 2.52. The van der Waals surface area contributed by atoms with Crippen molar-refractivity contribution in [3.63, 3.8) is 0 Å². The van der Waals surface area contributed by atoms with E-state index >= 15 is 0 Å². The van der Waals surface area contributed by atoms with Gasteiger partial charge in [0.15, 0.2) is 0 Å². The molecule has 1 aromatic rings. The molecule has 0 saturated carbocycles. The molecule has 98 valence electrons. The van der Waals surface area contributed by atoms with Gasteiger partial charge in [-0.3, -0.25) is 4.79 Å². The number of halogens is 1. The van der Waals surface area contributed by atoms with Gasteiger partial charge in [0.05, 0.1) is 17.0 Å². The molecule has 0 aliphatic carbocycles. The molecule has 5 nitrogen and oxygen atoms in total. The van der Waals surface area contributed by atoms with Crippen LogP contribution in [0.3, 0.4) is 0 Å². The summed E-state index contributed by atoms with van der Waals surface area (Å²) in [6.45, 7) is 3.57. The Hall–Kier alpha value is -1.27. The summed E-state index contributed by atoms with van der Waals surface area (Å²) in [6, 6.07) is 4.11. The van der Waals surface area contributed by atoms with Crippen molar-refractivity contribution in [3.8, 4) is 5.75 Å². The Bertz CT molecular complexity index is 609. The Morgan fingerprint density at radius 3 is 2.67 bits per heavy atom. The van der Waals surface area contributed by atoms with Gasteiger partial charge in [0.25, 0.3) is 9.05 Å². The fourth-order valence-electron chi connectivity index (χ4n) is 1.76. The van der Waals surface area contributed by atoms with Crippen molar-refractivity contribution in [2.24, 2.45) is 0 Å². The lowest BCUT2D eigenvalue weighted by Crippen LogP contribution is -2.30. The molecule has 0 radical (unpaired) electrons. The minimum absolute atomic E-state index is 0.0773. The van der Waals surface area contributed by atoms with Crippen LogP contribution < -0.4 is 10.1 Å². The van der Waals surface area contributed by atoms with Crippen LogP contribution in [0.15, 0.2) is 23.1 Å². The monoisotopic (exact) mass is 289 g/mol. The maximum atomic E-state index is 11.6. The van der Waals surface area contributed by atoms with Crippen LogP contribution in [0.25, 0.3) is 0 Å². The third kappa shape index (κ3) is 2.76. The van der Waals surface area contributed by atoms with Gasteiger partial charge < -0.3 is 10.1 Å². The van der Waals surface area contributed by atoms with Crippen LogP contribution in [-0.4, -0.2) is 19.9 Å². The van der Waals surface area contributed by atoms with E-state index in [2.05, 4.69) is 5.32 Å². The molecule has 0 atom stereocenters. The van der Waals surface area contributed by atoms with Gasteiger partial charge in [0.1, 0.15) is 11.4 Å². The topological polar surface area (TPSA) is 72.5 Å². The fourth-order valence-corrected chi connectivity index (χ4v) is 2.54. The second-order valence-corrected chi connectivity index (χ2v) is 7.25. The minimum Gasteiger partial charge on any atom is -0.485 e. The quantitative estimate of drug-likeness (QED) is 0.804. The van der Waals surface area contributed by atoms with E-state index < -0.39 is 14.7 Å². The lowest BCUT2D eigenvalue weighted by molar-refractivity contribution is -0.118. The highest BCUT2D eigenvalue weighted by atomic mass is 35.7. The van der Waals surface area contributed by atoms with Crippen LogP contribution in [0.2, 0.25) is 0 Å². The summed E-state index contributed by atoms with van der Waals surface area (Å²) >= 11 is 0. The molecular formula is C11H12ClNO4S. The van der Waals surface area contributed by atoms with Crippen molar-refractivity contribution in [3.05, 3.63) is 18.2 Å². The Labute approximate surface area is 110 Å². The van der Waals surface area contributed by atoms with E-state index in [0.717, 1.165) is 0 Å². The van der Waals surface area contributed by atoms with Crippen molar-refractivity contribution >= 4 is 31.3 Å². The Morgan fingerprint density at radius 2 is 2.06 bits per heavy atom. The van der Waals surface area contributed by atoms with Crippen molar-refractivity contribution < 1.29 is 17.9 Å². The molecule has 1 heterocycles. The first kappa shape index (κ1) is 13.2. The second-order valence-electron chi connectivity index (χ2n) is 4.68. The molecule has 1 aromatic carbocycles. The van der Waals surface area contributed by atoms with Gasteiger partial charge in [-0.25, -0.2) is 8.42 Å². The highest BCUT2D eigenvalue weighted by molar-refractivity contribution is 8.13. The third-order valence-electron chi connectivity index (χ3n) is 2.48. The number of hydrogen-bond donors (Lipinski definition) is 1. The van der Waals surface area contributed by atoms with Gasteiger partial charge in [0.2, 0.25) is 5.91 Å². The van der Waals surface area contributed by atoms with Crippen LogP contribution >= 0.6 is 10.7 Å². The molecule has 0 spiro atoms. The van der Waals surface area contributed by atoms with Crippen LogP contribution in [-0.2, 0) is 13.8 Å². The summed E-state index contributed by atoms with van der Waals surface area (Å²) in [6.07, 6.45) is 0.185. The lowest BCUT2D eigenvalue weighted by atomic mass is 10.1. The predicted octanol–water partition coefficient (Wildman–Crippen LogP) is 2.11. The maximum Gasteiger partial charge on any atom is 0.261 e. The molecule has 18 heavy (non-hydrogen) atoms. The summed E-state index contributed by atoms with van der Waals surface area (Å²) in [4.78, 5) is 11.6. The van der Waals surface area contributed by atoms with E-state index in [-0.39, 0.29) is 17.2 Å². The van der Waals surface area contributed by atoms with Crippen molar-refractivity contribution in [1.29, 1.82) is 0 Å². The fraction of sp³-hybridized carbons (Fsp3) is 0.364. The highest BCUT2D eigenvalue weighted by Crippen LogP contribution is 2.35. The normalized spacial score (nSPS) is 18.3. The predicted molar refractivity (Wildman–Crippen MR) is 67.4 cm³/mol. The number of anilines is 1. The first-order valence-corrected chi connectivity index (χ1v) is 7.56. The van der Waals surface area contributed by atoms with E-state index in [4.69, 9.17) is 15.4 Å². The summed E-state index contributed by atoms with van der Waals surface area (Å²) in [5.74, 6) is 0.192. The van der Waals surface area contributed by atoms with E-state index in [9.17, 15) is 13.2 Å². The molecule has 1 amide bonds. The SMILES string of the molecule is CC1(C)CC(=O)Nc2cc(S(=O)(=O)Cl)ccc2O1. The van der Waals surface area contributed by atoms with Gasteiger partial charge in [-0.2, -0.15) is 0 Å². The molecule has 2 rings (SSSR count). The summed E-state index contributed by atoms with van der Waals surface area (Å²) in [5, 5.41) is 2.60. The lowest BCUT2D eigenvalue weighted by Gasteiger charge is -2.23. The molecular weight excluding hydrogens is 278 g/mol. The average Bonchev–Trinajstić information content (AvgIpc) is 2.27. The van der Waals surface area contributed by atoms with E-state index in [0.29, 0.717) is 11.4 Å². The van der Waals surface area contributed by atoms with Crippen LogP contribution in [0, 0.1) is 0 Å². The molecule has 7 heteroatoms. The van der Waals surface area contributed by atoms with Crippen LogP contribution in [0.1, 0.15) is 20.3 Å². The standard InChI is InChI=1S/C11H12ClNO4S/c1-11(2)6-10(14)13-8-5-7(18(12,15)16)3-4-9(8)17-11/h3-5H,6H2,1-2H3,(H,13,14). The Morgan fingerprint density at radius 1 is 1.39 bits per heavy atom. The number of hydrogen-bond acceptors (Lipinski definition) is 4. The van der Waals surface area contributed by atoms with E-state index in [1.807, 2.05) is 0 Å². The number of fused-ring (bicyclic) bond motifs is 1. The van der Waals surface area contributed by atoms with Crippen molar-refractivity contribution in [2.75, 3.05) is 5.32 Å². The number of ether oxygens (including phenoxy) is 1. The number of carbonyl (C=O) groups excluding carboxylic acids is 1. The molecule has 0 aromatic heterocycles. The third-order valence-corrected chi connectivity index (χ3v) is 3.83. The van der Waals surface area contributed by atoms with E-state index in [1.54, 1.807) is 13.8 Å². The van der Waals surface area contributed by atoms with Gasteiger partial charge in [-0.05, 0) is 32.0 Å². The zero-order valence-corrected chi connectivity index (χ0v) is 11.4. The van der Waals surface area contributed by atoms with Gasteiger partial charge in [-0.1, -0.05) is 0 Å². The molecule has 0 bridgehead atoms. The van der Waals surface area contributed by atoms with Gasteiger partial charge in [-0.15, -0.1) is 0 Å². The number of rotatable bonds is 1. The molecule has 1 aliphatic heterocycles. The second kappa shape index (κ2) is 4.13. The molecule has 0 saturated heterocycles. The smallest absolute Gasteiger partial charge is 0.261 e. The zero-order chi connectivity index (χ0) is 13.6. The first-order valence-electron chi connectivity index (χ1n) is 5.25. The van der Waals surface area contributed by atoms with Gasteiger partial charge >= 0.3 is 0 Å². The molecule has 0 fully saturated rings. The summed E-state index contributed by atoms with van der Waals surface area (Å²) in [5.41, 5.74) is -0.330. The highest BCUT2D eigenvalue weighted by Gasteiger charge is 2.29. The number of benzene rings is 1. The van der Waals surface area contributed by atoms with Gasteiger partial charge in [0, 0.05) is 10.7 Å². The number of amides is 1. The van der Waals surface area contributed by atoms with Crippen LogP contribution in [0.5, 0.6) is 5.75 Å². The average molecular weight is 290 g/mol. The van der Waals surface area contributed by atoms with Crippen LogP contribution in [0.4, 0.5) is 5.69 Å². The summed E-state index contributed by atoms with van der Waals surface area (Å²) in [7, 11) is 1.42. The molecule has 1 N–H and O–H groups in total. The zero-order valence-electron chi connectivity index (χ0n) is 9.86. The minimum atomic E-state index is -3.83.